The Morgan fingerprint density at radius 2 is 1.92 bits per heavy atom. The molecule has 2 aromatic carbocycles. The number of methoxy groups -OCH3 is 1. The van der Waals surface area contributed by atoms with Gasteiger partial charge in [-0.25, -0.2) is 4.98 Å². The lowest BCUT2D eigenvalue weighted by atomic mass is 10.2. The van der Waals surface area contributed by atoms with Crippen molar-refractivity contribution in [2.24, 2.45) is 0 Å². The molecule has 0 aliphatic heterocycles. The summed E-state index contributed by atoms with van der Waals surface area (Å²) in [5.74, 6) is 1.22. The number of hydrogen-bond acceptors (Lipinski definition) is 5. The predicted octanol–water partition coefficient (Wildman–Crippen LogP) is 5.22. The van der Waals surface area contributed by atoms with Crippen LogP contribution in [0.1, 0.15) is 5.89 Å². The van der Waals surface area contributed by atoms with Crippen molar-refractivity contribution in [1.29, 1.82) is 0 Å². The van der Waals surface area contributed by atoms with Crippen LogP contribution in [0.2, 0.25) is 5.02 Å². The Bertz CT molecular complexity index is 869. The van der Waals surface area contributed by atoms with Gasteiger partial charge in [0.05, 0.1) is 19.9 Å². The van der Waals surface area contributed by atoms with E-state index < -0.39 is 6.61 Å². The third kappa shape index (κ3) is 4.43. The van der Waals surface area contributed by atoms with E-state index in [4.69, 9.17) is 20.8 Å². The van der Waals surface area contributed by atoms with Crippen LogP contribution in [0.5, 0.6) is 11.5 Å². The SMILES string of the molecule is COc1ccc(NCc2ncc(-c3ccc(Cl)cc3)o2)cc1OC(F)F. The second kappa shape index (κ2) is 8.05. The number of anilines is 1. The highest BCUT2D eigenvalue weighted by molar-refractivity contribution is 6.30. The Hall–Kier alpha value is -2.80. The van der Waals surface area contributed by atoms with Gasteiger partial charge in [0.2, 0.25) is 5.89 Å². The molecule has 1 heterocycles. The summed E-state index contributed by atoms with van der Waals surface area (Å²) in [5.41, 5.74) is 1.41. The first-order valence-electron chi connectivity index (χ1n) is 7.62. The van der Waals surface area contributed by atoms with E-state index in [9.17, 15) is 8.78 Å². The molecule has 5 nitrogen and oxygen atoms in total. The van der Waals surface area contributed by atoms with Gasteiger partial charge in [-0.15, -0.1) is 0 Å². The van der Waals surface area contributed by atoms with Crippen LogP contribution in [0.3, 0.4) is 0 Å². The minimum Gasteiger partial charge on any atom is -0.493 e. The summed E-state index contributed by atoms with van der Waals surface area (Å²) in [4.78, 5) is 4.20. The molecule has 0 bridgehead atoms. The van der Waals surface area contributed by atoms with Crippen molar-refractivity contribution in [3.8, 4) is 22.8 Å². The van der Waals surface area contributed by atoms with Crippen LogP contribution in [-0.2, 0) is 6.54 Å². The fraction of sp³-hybridized carbons (Fsp3) is 0.167. The highest BCUT2D eigenvalue weighted by Crippen LogP contribution is 2.31. The molecule has 3 aromatic rings. The number of ether oxygens (including phenoxy) is 2. The van der Waals surface area contributed by atoms with E-state index >= 15 is 0 Å². The molecule has 26 heavy (non-hydrogen) atoms. The van der Waals surface area contributed by atoms with Gasteiger partial charge in [0.15, 0.2) is 17.3 Å². The van der Waals surface area contributed by atoms with Crippen molar-refractivity contribution in [3.63, 3.8) is 0 Å². The van der Waals surface area contributed by atoms with Crippen LogP contribution in [0, 0.1) is 0 Å². The first kappa shape index (κ1) is 18.0. The van der Waals surface area contributed by atoms with Crippen molar-refractivity contribution in [2.75, 3.05) is 12.4 Å². The van der Waals surface area contributed by atoms with Crippen LogP contribution in [-0.4, -0.2) is 18.7 Å². The van der Waals surface area contributed by atoms with Crippen LogP contribution in [0.4, 0.5) is 14.5 Å². The van der Waals surface area contributed by atoms with Gasteiger partial charge in [0, 0.05) is 22.3 Å². The summed E-state index contributed by atoms with van der Waals surface area (Å²) in [6.07, 6.45) is 1.61. The highest BCUT2D eigenvalue weighted by atomic mass is 35.5. The van der Waals surface area contributed by atoms with Crippen molar-refractivity contribution >= 4 is 17.3 Å². The summed E-state index contributed by atoms with van der Waals surface area (Å²) in [7, 11) is 1.38. The zero-order valence-corrected chi connectivity index (χ0v) is 14.5. The van der Waals surface area contributed by atoms with Gasteiger partial charge in [0.1, 0.15) is 0 Å². The Balaban J connectivity index is 1.68. The molecular weight excluding hydrogens is 366 g/mol. The van der Waals surface area contributed by atoms with Gasteiger partial charge in [0.25, 0.3) is 0 Å². The predicted molar refractivity (Wildman–Crippen MR) is 93.9 cm³/mol. The standard InChI is InChI=1S/C18H15ClF2N2O3/c1-24-14-7-6-13(8-15(14)26-18(20)21)22-10-17-23-9-16(25-17)11-2-4-12(19)5-3-11/h2-9,18,22H,10H2,1H3. The zero-order chi connectivity index (χ0) is 18.5. The summed E-state index contributed by atoms with van der Waals surface area (Å²) in [5, 5.41) is 3.68. The minimum atomic E-state index is -2.94. The molecule has 0 saturated carbocycles. The number of halogens is 3. The molecular formula is C18H15ClF2N2O3. The van der Waals surface area contributed by atoms with Gasteiger partial charge in [-0.1, -0.05) is 11.6 Å². The molecule has 0 fully saturated rings. The Kier molecular flexibility index (Phi) is 5.58. The lowest BCUT2D eigenvalue weighted by Gasteiger charge is -2.12. The molecule has 0 aliphatic rings. The molecule has 0 radical (unpaired) electrons. The van der Waals surface area contributed by atoms with Gasteiger partial charge in [-0.3, -0.25) is 0 Å². The fourth-order valence-corrected chi connectivity index (χ4v) is 2.42. The molecule has 0 spiro atoms. The second-order valence-electron chi connectivity index (χ2n) is 5.22. The Labute approximate surface area is 153 Å². The van der Waals surface area contributed by atoms with E-state index in [-0.39, 0.29) is 18.0 Å². The third-order valence-corrected chi connectivity index (χ3v) is 3.76. The fourth-order valence-electron chi connectivity index (χ4n) is 2.29. The summed E-state index contributed by atoms with van der Waals surface area (Å²) in [6, 6.07) is 11.8. The van der Waals surface area contributed by atoms with E-state index in [1.165, 1.54) is 19.2 Å². The maximum absolute atomic E-state index is 12.5. The molecule has 1 aromatic heterocycles. The summed E-state index contributed by atoms with van der Waals surface area (Å²) < 4.78 is 40.1. The molecule has 3 rings (SSSR count). The number of aromatic nitrogens is 1. The van der Waals surface area contributed by atoms with Crippen LogP contribution in [0.25, 0.3) is 11.3 Å². The topological polar surface area (TPSA) is 56.5 Å². The van der Waals surface area contributed by atoms with Gasteiger partial charge in [-0.05, 0) is 36.4 Å². The van der Waals surface area contributed by atoms with Crippen LogP contribution in [0.15, 0.2) is 53.1 Å². The molecule has 0 saturated heterocycles. The van der Waals surface area contributed by atoms with Crippen LogP contribution >= 0.6 is 11.6 Å². The van der Waals surface area contributed by atoms with Crippen molar-refractivity contribution in [1.82, 2.24) is 4.98 Å². The molecule has 0 atom stereocenters. The normalized spacial score (nSPS) is 10.8. The number of alkyl halides is 2. The van der Waals surface area contributed by atoms with E-state index in [0.29, 0.717) is 22.4 Å². The number of rotatable bonds is 7. The second-order valence-corrected chi connectivity index (χ2v) is 5.66. The quantitative estimate of drug-likeness (QED) is 0.609. The van der Waals surface area contributed by atoms with Gasteiger partial charge in [-0.2, -0.15) is 8.78 Å². The number of nitrogens with one attached hydrogen (secondary N) is 1. The third-order valence-electron chi connectivity index (χ3n) is 3.51. The first-order valence-corrected chi connectivity index (χ1v) is 8.00. The van der Waals surface area contributed by atoms with E-state index in [1.54, 1.807) is 24.4 Å². The lowest BCUT2D eigenvalue weighted by Crippen LogP contribution is -2.05. The summed E-state index contributed by atoms with van der Waals surface area (Å²) in [6.45, 7) is -2.67. The molecule has 0 aliphatic carbocycles. The van der Waals surface area contributed by atoms with E-state index in [0.717, 1.165) is 5.56 Å². The average Bonchev–Trinajstić information content (AvgIpc) is 3.09. The monoisotopic (exact) mass is 380 g/mol. The maximum Gasteiger partial charge on any atom is 0.387 e. The smallest absolute Gasteiger partial charge is 0.387 e. The van der Waals surface area contributed by atoms with E-state index in [1.807, 2.05) is 12.1 Å². The maximum atomic E-state index is 12.5. The van der Waals surface area contributed by atoms with Gasteiger partial charge >= 0.3 is 6.61 Å². The number of nitrogens with zero attached hydrogens (tertiary/aromatic N) is 1. The molecule has 136 valence electrons. The van der Waals surface area contributed by atoms with Crippen molar-refractivity contribution < 1.29 is 22.7 Å². The average molecular weight is 381 g/mol. The molecule has 8 heteroatoms. The van der Waals surface area contributed by atoms with Gasteiger partial charge < -0.3 is 19.2 Å². The molecule has 0 amide bonds. The Morgan fingerprint density at radius 3 is 2.62 bits per heavy atom. The number of oxazole rings is 1. The molecule has 0 unspecified atom stereocenters. The summed E-state index contributed by atoms with van der Waals surface area (Å²) >= 11 is 5.87. The largest absolute Gasteiger partial charge is 0.493 e. The van der Waals surface area contributed by atoms with E-state index in [2.05, 4.69) is 15.0 Å². The number of benzene rings is 2. The Morgan fingerprint density at radius 1 is 1.15 bits per heavy atom. The highest BCUT2D eigenvalue weighted by Gasteiger charge is 2.12. The lowest BCUT2D eigenvalue weighted by molar-refractivity contribution is -0.0511. The molecule has 1 N–H and O–H groups in total. The minimum absolute atomic E-state index is 0.0539. The zero-order valence-electron chi connectivity index (χ0n) is 13.7. The van der Waals surface area contributed by atoms with Crippen molar-refractivity contribution in [2.45, 2.75) is 13.2 Å². The van der Waals surface area contributed by atoms with Crippen molar-refractivity contribution in [3.05, 3.63) is 59.6 Å². The number of hydrogen-bond donors (Lipinski definition) is 1. The first-order chi connectivity index (χ1) is 12.5. The van der Waals surface area contributed by atoms with Crippen LogP contribution < -0.4 is 14.8 Å².